The Labute approximate surface area is 144 Å². The lowest BCUT2D eigenvalue weighted by Crippen LogP contribution is -2.35. The van der Waals surface area contributed by atoms with E-state index < -0.39 is 0 Å². The molecule has 1 aromatic rings. The Bertz CT molecular complexity index is 675. The second kappa shape index (κ2) is 8.29. The van der Waals surface area contributed by atoms with Gasteiger partial charge in [-0.1, -0.05) is 36.4 Å². The topological polar surface area (TPSA) is 53.5 Å². The Kier molecular flexibility index (Phi) is 6.13. The number of anilines is 1. The van der Waals surface area contributed by atoms with Crippen molar-refractivity contribution >= 4 is 18.3 Å². The van der Waals surface area contributed by atoms with Crippen LogP contribution in [0.5, 0.6) is 0 Å². The number of carbonyl (C=O) groups is 1. The van der Waals surface area contributed by atoms with Gasteiger partial charge in [-0.3, -0.25) is 9.79 Å². The van der Waals surface area contributed by atoms with Crippen molar-refractivity contribution in [3.05, 3.63) is 66.4 Å². The summed E-state index contributed by atoms with van der Waals surface area (Å²) in [6.45, 7) is 12.2. The quantitative estimate of drug-likeness (QED) is 0.594. The van der Waals surface area contributed by atoms with Crippen LogP contribution in [0.15, 0.2) is 65.8 Å². The van der Waals surface area contributed by atoms with Gasteiger partial charge in [-0.05, 0) is 38.3 Å². The summed E-state index contributed by atoms with van der Waals surface area (Å²) in [7, 11) is 0. The summed E-state index contributed by atoms with van der Waals surface area (Å²) >= 11 is 0. The van der Waals surface area contributed by atoms with E-state index in [4.69, 9.17) is 0 Å². The van der Waals surface area contributed by atoms with E-state index in [2.05, 4.69) is 28.9 Å². The summed E-state index contributed by atoms with van der Waals surface area (Å²) in [5.41, 5.74) is 2.73. The maximum atomic E-state index is 12.7. The van der Waals surface area contributed by atoms with Crippen LogP contribution in [-0.2, 0) is 4.79 Å². The highest BCUT2D eigenvalue weighted by atomic mass is 16.1. The van der Waals surface area contributed by atoms with Gasteiger partial charge in [0.25, 0.3) is 0 Å². The van der Waals surface area contributed by atoms with Gasteiger partial charge in [-0.15, -0.1) is 6.58 Å². The summed E-state index contributed by atoms with van der Waals surface area (Å²) < 4.78 is 0. The molecule has 0 aromatic heterocycles. The number of nitrogens with one attached hydrogen (secondary N) is 2. The highest BCUT2D eigenvalue weighted by Crippen LogP contribution is 2.26. The third kappa shape index (κ3) is 3.82. The van der Waals surface area contributed by atoms with Gasteiger partial charge in [-0.2, -0.15) is 0 Å². The van der Waals surface area contributed by atoms with Crippen molar-refractivity contribution in [1.82, 2.24) is 5.32 Å². The zero-order chi connectivity index (χ0) is 17.5. The van der Waals surface area contributed by atoms with Crippen molar-refractivity contribution in [3.8, 4) is 0 Å². The van der Waals surface area contributed by atoms with Gasteiger partial charge in [0, 0.05) is 23.8 Å². The van der Waals surface area contributed by atoms with Gasteiger partial charge in [-0.25, -0.2) is 0 Å². The van der Waals surface area contributed by atoms with Crippen LogP contribution in [0.3, 0.4) is 0 Å². The van der Waals surface area contributed by atoms with Crippen molar-refractivity contribution in [3.63, 3.8) is 0 Å². The normalized spacial score (nSPS) is 20.7. The van der Waals surface area contributed by atoms with E-state index in [1.165, 1.54) is 0 Å². The predicted octanol–water partition coefficient (Wildman–Crippen LogP) is 3.66. The molecule has 2 N–H and O–H groups in total. The standard InChI is InChI=1S/C20H25N3O/c1-5-15-10-9-13-18(19(15)21-4)23-20(24)14(3)16-11-7-8-12-17(16)22-6-2/h5,7-15,19,22H,1,4,6H2,2-3H3,(H,23,24). The minimum atomic E-state index is -0.278. The van der Waals surface area contributed by atoms with Gasteiger partial charge in [0.2, 0.25) is 5.91 Å². The van der Waals surface area contributed by atoms with Crippen LogP contribution in [0.2, 0.25) is 0 Å². The SMILES string of the molecule is C=CC1C=CC=C(NC(=O)C(C)c2ccccc2NCC)C1N=C. The van der Waals surface area contributed by atoms with E-state index in [0.717, 1.165) is 23.5 Å². The number of benzene rings is 1. The lowest BCUT2D eigenvalue weighted by Gasteiger charge is -2.25. The fourth-order valence-corrected chi connectivity index (χ4v) is 2.86. The molecule has 0 heterocycles. The number of amides is 1. The molecule has 1 amide bonds. The predicted molar refractivity (Wildman–Crippen MR) is 101 cm³/mol. The molecule has 4 heteroatoms. The number of hydrogen-bond donors (Lipinski definition) is 2. The molecule has 0 radical (unpaired) electrons. The minimum absolute atomic E-state index is 0.0483. The van der Waals surface area contributed by atoms with E-state index in [-0.39, 0.29) is 23.8 Å². The minimum Gasteiger partial charge on any atom is -0.385 e. The Morgan fingerprint density at radius 1 is 1.42 bits per heavy atom. The summed E-state index contributed by atoms with van der Waals surface area (Å²) in [5, 5.41) is 6.32. The van der Waals surface area contributed by atoms with E-state index in [9.17, 15) is 4.79 Å². The van der Waals surface area contributed by atoms with Crippen molar-refractivity contribution in [2.24, 2.45) is 10.9 Å². The molecule has 0 spiro atoms. The molecular formula is C20H25N3O. The molecule has 1 aliphatic carbocycles. The number of rotatable bonds is 7. The van der Waals surface area contributed by atoms with Crippen LogP contribution < -0.4 is 10.6 Å². The molecule has 2 rings (SSSR count). The first-order valence-electron chi connectivity index (χ1n) is 8.22. The zero-order valence-electron chi connectivity index (χ0n) is 14.3. The average Bonchev–Trinajstić information content (AvgIpc) is 2.61. The largest absolute Gasteiger partial charge is 0.385 e. The summed E-state index contributed by atoms with van der Waals surface area (Å²) in [6, 6.07) is 7.69. The molecule has 1 aliphatic rings. The van der Waals surface area contributed by atoms with Crippen LogP contribution in [-0.4, -0.2) is 25.2 Å². The molecule has 0 saturated heterocycles. The summed E-state index contributed by atoms with van der Waals surface area (Å²) in [6.07, 6.45) is 7.62. The van der Waals surface area contributed by atoms with Crippen LogP contribution in [0, 0.1) is 5.92 Å². The Balaban J connectivity index is 2.17. The number of para-hydroxylation sites is 1. The van der Waals surface area contributed by atoms with E-state index in [0.29, 0.717) is 0 Å². The Morgan fingerprint density at radius 2 is 2.17 bits per heavy atom. The maximum Gasteiger partial charge on any atom is 0.231 e. The number of hydrogen-bond acceptors (Lipinski definition) is 3. The molecule has 4 nitrogen and oxygen atoms in total. The van der Waals surface area contributed by atoms with Crippen LogP contribution in [0.1, 0.15) is 25.3 Å². The van der Waals surface area contributed by atoms with Crippen molar-refractivity contribution in [2.75, 3.05) is 11.9 Å². The number of allylic oxidation sites excluding steroid dienone is 2. The third-order valence-corrected chi connectivity index (χ3v) is 4.22. The molecule has 0 fully saturated rings. The first-order chi connectivity index (χ1) is 11.6. The molecule has 3 atom stereocenters. The smallest absolute Gasteiger partial charge is 0.231 e. The maximum absolute atomic E-state index is 12.7. The van der Waals surface area contributed by atoms with Gasteiger partial charge in [0.15, 0.2) is 0 Å². The number of aliphatic imine (C=N–C) groups is 1. The van der Waals surface area contributed by atoms with Crippen molar-refractivity contribution < 1.29 is 4.79 Å². The molecule has 0 bridgehead atoms. The molecular weight excluding hydrogens is 298 g/mol. The van der Waals surface area contributed by atoms with Gasteiger partial charge in [0.05, 0.1) is 12.0 Å². The van der Waals surface area contributed by atoms with Crippen LogP contribution in [0.4, 0.5) is 5.69 Å². The van der Waals surface area contributed by atoms with Crippen LogP contribution in [0.25, 0.3) is 0 Å². The molecule has 0 aliphatic heterocycles. The van der Waals surface area contributed by atoms with Gasteiger partial charge in [0.1, 0.15) is 0 Å². The highest BCUT2D eigenvalue weighted by Gasteiger charge is 2.25. The van der Waals surface area contributed by atoms with Crippen LogP contribution >= 0.6 is 0 Å². The van der Waals surface area contributed by atoms with E-state index in [1.807, 2.05) is 62.4 Å². The first kappa shape index (κ1) is 17.7. The van der Waals surface area contributed by atoms with Crippen molar-refractivity contribution in [2.45, 2.75) is 25.8 Å². The second-order valence-corrected chi connectivity index (χ2v) is 5.78. The molecule has 0 saturated carbocycles. The Morgan fingerprint density at radius 3 is 2.83 bits per heavy atom. The fraction of sp³-hybridized carbons (Fsp3) is 0.300. The fourth-order valence-electron chi connectivity index (χ4n) is 2.86. The third-order valence-electron chi connectivity index (χ3n) is 4.22. The second-order valence-electron chi connectivity index (χ2n) is 5.78. The monoisotopic (exact) mass is 323 g/mol. The Hall–Kier alpha value is -2.62. The zero-order valence-corrected chi connectivity index (χ0v) is 14.3. The number of carbonyl (C=O) groups excluding carboxylic acids is 1. The van der Waals surface area contributed by atoms with E-state index >= 15 is 0 Å². The van der Waals surface area contributed by atoms with Gasteiger partial charge >= 0.3 is 0 Å². The average molecular weight is 323 g/mol. The highest BCUT2D eigenvalue weighted by molar-refractivity contribution is 5.86. The van der Waals surface area contributed by atoms with Crippen molar-refractivity contribution in [1.29, 1.82) is 0 Å². The molecule has 1 aromatic carbocycles. The lowest BCUT2D eigenvalue weighted by atomic mass is 9.92. The first-order valence-corrected chi connectivity index (χ1v) is 8.22. The summed E-state index contributed by atoms with van der Waals surface area (Å²) in [4.78, 5) is 16.9. The molecule has 24 heavy (non-hydrogen) atoms. The summed E-state index contributed by atoms with van der Waals surface area (Å²) in [5.74, 6) is -0.287. The molecule has 3 unspecified atom stereocenters. The lowest BCUT2D eigenvalue weighted by molar-refractivity contribution is -0.121. The molecule has 126 valence electrons. The number of nitrogens with zero attached hydrogens (tertiary/aromatic N) is 1. The van der Waals surface area contributed by atoms with E-state index in [1.54, 1.807) is 0 Å². The van der Waals surface area contributed by atoms with Gasteiger partial charge < -0.3 is 10.6 Å².